The first-order valence-corrected chi connectivity index (χ1v) is 6.93. The van der Waals surface area contributed by atoms with Crippen molar-refractivity contribution in [2.24, 2.45) is 0 Å². The van der Waals surface area contributed by atoms with Crippen LogP contribution in [0.2, 0.25) is 0 Å². The van der Waals surface area contributed by atoms with E-state index in [-0.39, 0.29) is 11.4 Å². The van der Waals surface area contributed by atoms with E-state index in [2.05, 4.69) is 20.3 Å². The molecule has 7 nitrogen and oxygen atoms in total. The molecule has 1 amide bonds. The van der Waals surface area contributed by atoms with E-state index in [0.717, 1.165) is 9.36 Å². The number of rotatable bonds is 7. The van der Waals surface area contributed by atoms with Crippen LogP contribution < -0.4 is 5.32 Å². The van der Waals surface area contributed by atoms with Crippen molar-refractivity contribution in [3.05, 3.63) is 29.8 Å². The van der Waals surface area contributed by atoms with Crippen molar-refractivity contribution >= 4 is 11.6 Å². The summed E-state index contributed by atoms with van der Waals surface area (Å²) in [7, 11) is 0. The van der Waals surface area contributed by atoms with Crippen molar-refractivity contribution < 1.29 is 31.5 Å². The smallest absolute Gasteiger partial charge is 0.350 e. The lowest BCUT2D eigenvalue weighted by atomic mass is 10.4. The van der Waals surface area contributed by atoms with Crippen LogP contribution in [0.5, 0.6) is 0 Å². The molecule has 2 rings (SSSR count). The third-order valence-corrected chi connectivity index (χ3v) is 2.86. The standard InChI is InChI=1S/C13H14F5N5O2/c1-8-2-10(12(14)15)23(21-8)5-11(24)20-9-3-19-22(4-9)7-25-6-13(16,17)18/h2-4,12H,5-7H2,1H3,(H,20,24). The van der Waals surface area contributed by atoms with E-state index in [1.54, 1.807) is 0 Å². The molecule has 0 unspecified atom stereocenters. The average molecular weight is 367 g/mol. The van der Waals surface area contributed by atoms with Crippen LogP contribution in [0.3, 0.4) is 0 Å². The van der Waals surface area contributed by atoms with E-state index in [0.29, 0.717) is 5.69 Å². The zero-order chi connectivity index (χ0) is 18.6. The van der Waals surface area contributed by atoms with Crippen molar-refractivity contribution in [2.45, 2.75) is 32.8 Å². The predicted molar refractivity (Wildman–Crippen MR) is 74.8 cm³/mol. The Morgan fingerprint density at radius 2 is 2.12 bits per heavy atom. The molecule has 25 heavy (non-hydrogen) atoms. The first-order chi connectivity index (χ1) is 11.6. The number of hydrogen-bond donors (Lipinski definition) is 1. The van der Waals surface area contributed by atoms with Gasteiger partial charge < -0.3 is 10.1 Å². The molecule has 0 fully saturated rings. The highest BCUT2D eigenvalue weighted by molar-refractivity contribution is 5.90. The molecule has 138 valence electrons. The van der Waals surface area contributed by atoms with E-state index in [1.165, 1.54) is 25.4 Å². The van der Waals surface area contributed by atoms with Gasteiger partial charge in [-0.15, -0.1) is 0 Å². The van der Waals surface area contributed by atoms with Gasteiger partial charge in [-0.05, 0) is 13.0 Å². The monoisotopic (exact) mass is 367 g/mol. The highest BCUT2D eigenvalue weighted by atomic mass is 19.4. The molecule has 0 saturated carbocycles. The van der Waals surface area contributed by atoms with Crippen molar-refractivity contribution in [1.82, 2.24) is 19.6 Å². The summed E-state index contributed by atoms with van der Waals surface area (Å²) in [4.78, 5) is 11.9. The number of aryl methyl sites for hydroxylation is 1. The minimum atomic E-state index is -4.45. The lowest BCUT2D eigenvalue weighted by Crippen LogP contribution is -2.21. The van der Waals surface area contributed by atoms with Crippen LogP contribution in [0.25, 0.3) is 0 Å². The van der Waals surface area contributed by atoms with Crippen LogP contribution in [-0.4, -0.2) is 38.3 Å². The Labute approximate surface area is 138 Å². The van der Waals surface area contributed by atoms with Gasteiger partial charge >= 0.3 is 6.18 Å². The number of ether oxygens (including phenoxy) is 1. The molecule has 1 N–H and O–H groups in total. The maximum Gasteiger partial charge on any atom is 0.411 e. The van der Waals surface area contributed by atoms with Crippen LogP contribution >= 0.6 is 0 Å². The fourth-order valence-electron chi connectivity index (χ4n) is 1.96. The maximum atomic E-state index is 12.8. The van der Waals surface area contributed by atoms with E-state index < -0.39 is 38.4 Å². The fourth-order valence-corrected chi connectivity index (χ4v) is 1.96. The maximum absolute atomic E-state index is 12.8. The van der Waals surface area contributed by atoms with Gasteiger partial charge in [0.05, 0.1) is 23.8 Å². The van der Waals surface area contributed by atoms with Crippen molar-refractivity contribution in [2.75, 3.05) is 11.9 Å². The zero-order valence-electron chi connectivity index (χ0n) is 12.9. The second-order valence-electron chi connectivity index (χ2n) is 5.08. The molecule has 0 spiro atoms. The van der Waals surface area contributed by atoms with Crippen LogP contribution in [0, 0.1) is 6.92 Å². The van der Waals surface area contributed by atoms with Gasteiger partial charge in [-0.25, -0.2) is 13.5 Å². The Morgan fingerprint density at radius 3 is 2.76 bits per heavy atom. The lowest BCUT2D eigenvalue weighted by Gasteiger charge is -2.07. The molecule has 0 aliphatic carbocycles. The van der Waals surface area contributed by atoms with Gasteiger partial charge in [0.1, 0.15) is 25.6 Å². The molecule has 2 heterocycles. The van der Waals surface area contributed by atoms with Gasteiger partial charge in [-0.3, -0.25) is 9.48 Å². The molecular weight excluding hydrogens is 353 g/mol. The number of alkyl halides is 5. The summed E-state index contributed by atoms with van der Waals surface area (Å²) in [6, 6.07) is 1.17. The second-order valence-corrected chi connectivity index (χ2v) is 5.08. The summed E-state index contributed by atoms with van der Waals surface area (Å²) in [5.74, 6) is -0.638. The lowest BCUT2D eigenvalue weighted by molar-refractivity contribution is -0.182. The van der Waals surface area contributed by atoms with Crippen molar-refractivity contribution in [3.63, 3.8) is 0 Å². The van der Waals surface area contributed by atoms with E-state index in [9.17, 15) is 26.7 Å². The first-order valence-electron chi connectivity index (χ1n) is 6.93. The van der Waals surface area contributed by atoms with Crippen molar-refractivity contribution in [1.29, 1.82) is 0 Å². The summed E-state index contributed by atoms with van der Waals surface area (Å²) < 4.78 is 67.9. The SMILES string of the molecule is Cc1cc(C(F)F)n(CC(=O)Nc2cnn(COCC(F)(F)F)c2)n1. The predicted octanol–water partition coefficient (Wildman–Crippen LogP) is 2.50. The number of carbonyl (C=O) groups is 1. The number of amides is 1. The second kappa shape index (κ2) is 7.59. The van der Waals surface area contributed by atoms with Crippen LogP contribution in [-0.2, 0) is 22.8 Å². The Bertz CT molecular complexity index is 725. The zero-order valence-corrected chi connectivity index (χ0v) is 12.9. The highest BCUT2D eigenvalue weighted by Gasteiger charge is 2.27. The summed E-state index contributed by atoms with van der Waals surface area (Å²) in [5, 5.41) is 9.91. The molecule has 0 radical (unpaired) electrons. The largest absolute Gasteiger partial charge is 0.411 e. The number of hydrogen-bond acceptors (Lipinski definition) is 4. The van der Waals surface area contributed by atoms with E-state index in [1.807, 2.05) is 0 Å². The highest BCUT2D eigenvalue weighted by Crippen LogP contribution is 2.19. The van der Waals surface area contributed by atoms with Gasteiger partial charge in [-0.1, -0.05) is 0 Å². The van der Waals surface area contributed by atoms with Gasteiger partial charge in [-0.2, -0.15) is 23.4 Å². The van der Waals surface area contributed by atoms with Crippen LogP contribution in [0.1, 0.15) is 17.8 Å². The molecule has 12 heteroatoms. The Hall–Kier alpha value is -2.50. The minimum Gasteiger partial charge on any atom is -0.350 e. The molecular formula is C13H14F5N5O2. The fraction of sp³-hybridized carbons (Fsp3) is 0.462. The number of halogens is 5. The third kappa shape index (κ3) is 5.81. The van der Waals surface area contributed by atoms with Crippen LogP contribution in [0.15, 0.2) is 18.5 Å². The Morgan fingerprint density at radius 1 is 1.40 bits per heavy atom. The number of nitrogens with zero attached hydrogens (tertiary/aromatic N) is 4. The summed E-state index contributed by atoms with van der Waals surface area (Å²) in [6.07, 6.45) is -4.79. The molecule has 0 aliphatic rings. The summed E-state index contributed by atoms with van der Waals surface area (Å²) in [5.41, 5.74) is 0.143. The van der Waals surface area contributed by atoms with Crippen LogP contribution in [0.4, 0.5) is 27.6 Å². The summed E-state index contributed by atoms with van der Waals surface area (Å²) in [6.45, 7) is -0.804. The molecule has 2 aromatic heterocycles. The van der Waals surface area contributed by atoms with Crippen molar-refractivity contribution in [3.8, 4) is 0 Å². The van der Waals surface area contributed by atoms with Gasteiger partial charge in [0.15, 0.2) is 0 Å². The molecule has 0 atom stereocenters. The van der Waals surface area contributed by atoms with E-state index >= 15 is 0 Å². The van der Waals surface area contributed by atoms with Gasteiger partial charge in [0.2, 0.25) is 5.91 Å². The quantitative estimate of drug-likeness (QED) is 0.763. The molecule has 0 aliphatic heterocycles. The number of nitrogens with one attached hydrogen (secondary N) is 1. The Kier molecular flexibility index (Phi) is 5.72. The minimum absolute atomic E-state index is 0.183. The third-order valence-electron chi connectivity index (χ3n) is 2.86. The molecule has 0 aromatic carbocycles. The number of anilines is 1. The normalized spacial score (nSPS) is 12.0. The molecule has 0 saturated heterocycles. The Balaban J connectivity index is 1.89. The number of carbonyl (C=O) groups excluding carboxylic acids is 1. The first kappa shape index (κ1) is 18.8. The average Bonchev–Trinajstić information content (AvgIpc) is 3.04. The van der Waals surface area contributed by atoms with Gasteiger partial charge in [0, 0.05) is 0 Å². The summed E-state index contributed by atoms with van der Waals surface area (Å²) >= 11 is 0. The molecule has 0 bridgehead atoms. The van der Waals surface area contributed by atoms with E-state index in [4.69, 9.17) is 0 Å². The molecule has 2 aromatic rings. The van der Waals surface area contributed by atoms with Gasteiger partial charge in [0.25, 0.3) is 6.43 Å². The topological polar surface area (TPSA) is 74.0 Å². The number of aromatic nitrogens is 4.